The number of esters is 1. The molecule has 5 rings (SSSR count). The second-order valence-corrected chi connectivity index (χ2v) is 9.58. The number of ether oxygens (including phenoxy) is 6. The summed E-state index contributed by atoms with van der Waals surface area (Å²) >= 11 is 0. The van der Waals surface area contributed by atoms with E-state index in [1.165, 1.54) is 12.1 Å². The highest BCUT2D eigenvalue weighted by Crippen LogP contribution is 2.45. The maximum Gasteiger partial charge on any atom is 0.349 e. The molecule has 10 heteroatoms. The highest BCUT2D eigenvalue weighted by molar-refractivity contribution is 5.74. The molecular weight excluding hydrogens is 567 g/mol. The van der Waals surface area contributed by atoms with Crippen LogP contribution < -0.4 is 34.2 Å². The highest BCUT2D eigenvalue weighted by atomic mass is 19.1. The van der Waals surface area contributed by atoms with Crippen LogP contribution in [0.2, 0.25) is 0 Å². The lowest BCUT2D eigenvalue weighted by Crippen LogP contribution is -2.22. The van der Waals surface area contributed by atoms with Crippen LogP contribution in [0, 0.1) is 17.1 Å². The van der Waals surface area contributed by atoms with E-state index in [1.54, 1.807) is 79.9 Å². The Morgan fingerprint density at radius 2 is 1.68 bits per heavy atom. The number of methoxy groups -OCH3 is 1. The molecule has 0 aliphatic carbocycles. The quantitative estimate of drug-likeness (QED) is 0.164. The molecular formula is C34H29FN2O7. The smallest absolute Gasteiger partial charge is 0.349 e. The second-order valence-electron chi connectivity index (χ2n) is 9.58. The molecule has 0 saturated heterocycles. The Morgan fingerprint density at radius 1 is 0.932 bits per heavy atom. The number of fused-ring (bicyclic) bond motifs is 1. The van der Waals surface area contributed by atoms with Crippen LogP contribution in [0.1, 0.15) is 29.5 Å². The van der Waals surface area contributed by atoms with Gasteiger partial charge in [0.2, 0.25) is 5.88 Å². The summed E-state index contributed by atoms with van der Waals surface area (Å²) in [5.41, 5.74) is 8.11. The van der Waals surface area contributed by atoms with Gasteiger partial charge < -0.3 is 34.2 Å². The predicted molar refractivity (Wildman–Crippen MR) is 158 cm³/mol. The number of carbonyl (C=O) groups is 1. The van der Waals surface area contributed by atoms with Crippen LogP contribution in [-0.4, -0.2) is 26.3 Å². The van der Waals surface area contributed by atoms with E-state index in [4.69, 9.17) is 34.2 Å². The van der Waals surface area contributed by atoms with Crippen molar-refractivity contribution in [2.24, 2.45) is 5.73 Å². The molecule has 0 spiro atoms. The third-order valence-corrected chi connectivity index (χ3v) is 6.78. The fraction of sp³-hybridized carbons (Fsp3) is 0.176. The molecule has 1 unspecified atom stereocenters. The summed E-state index contributed by atoms with van der Waals surface area (Å²) in [6.45, 7) is 1.87. The van der Waals surface area contributed by atoms with Gasteiger partial charge in [-0.15, -0.1) is 0 Å². The number of carbonyl (C=O) groups excluding carboxylic acids is 1. The molecule has 44 heavy (non-hydrogen) atoms. The summed E-state index contributed by atoms with van der Waals surface area (Å²) in [5, 5.41) is 9.99. The van der Waals surface area contributed by atoms with E-state index >= 15 is 0 Å². The molecule has 0 radical (unpaired) electrons. The number of nitrogens with zero attached hydrogens (tertiary/aromatic N) is 1. The molecule has 0 amide bonds. The first kappa shape index (κ1) is 29.8. The maximum absolute atomic E-state index is 14.1. The summed E-state index contributed by atoms with van der Waals surface area (Å²) in [6.07, 6.45) is 0. The van der Waals surface area contributed by atoms with Crippen LogP contribution in [0.5, 0.6) is 34.5 Å². The number of allylic oxidation sites excluding steroid dienone is 1. The third kappa shape index (κ3) is 6.68. The first-order valence-electron chi connectivity index (χ1n) is 13.7. The standard InChI is InChI=1S/C34H29FN2O7/c1-3-40-31-16-21(8-15-29(31)42-19-22-6-4-5-7-28(22)35)33-26-14-13-25(17-30(26)44-34(37)27(33)18-36)43-32(38)20-41-24-11-9-23(39-2)10-12-24/h4-17,33H,3,19-20,37H2,1-2H3. The normalized spacial score (nSPS) is 13.6. The fourth-order valence-electron chi connectivity index (χ4n) is 4.68. The Balaban J connectivity index is 1.36. The van der Waals surface area contributed by atoms with Gasteiger partial charge in [-0.05, 0) is 61.0 Å². The minimum Gasteiger partial charge on any atom is -0.497 e. The third-order valence-electron chi connectivity index (χ3n) is 6.78. The van der Waals surface area contributed by atoms with Crippen LogP contribution >= 0.6 is 0 Å². The maximum atomic E-state index is 14.1. The predicted octanol–water partition coefficient (Wildman–Crippen LogP) is 6.01. The first-order chi connectivity index (χ1) is 21.4. The zero-order chi connectivity index (χ0) is 31.1. The summed E-state index contributed by atoms with van der Waals surface area (Å²) < 4.78 is 47.7. The van der Waals surface area contributed by atoms with E-state index in [0.29, 0.717) is 52.0 Å². The number of halogens is 1. The van der Waals surface area contributed by atoms with E-state index < -0.39 is 11.9 Å². The average Bonchev–Trinajstić information content (AvgIpc) is 3.03. The Kier molecular flexibility index (Phi) is 9.16. The molecule has 1 aliphatic heterocycles. The van der Waals surface area contributed by atoms with Gasteiger partial charge in [0, 0.05) is 17.2 Å². The van der Waals surface area contributed by atoms with Gasteiger partial charge >= 0.3 is 5.97 Å². The summed E-state index contributed by atoms with van der Waals surface area (Å²) in [4.78, 5) is 12.5. The van der Waals surface area contributed by atoms with Crippen LogP contribution in [0.3, 0.4) is 0 Å². The zero-order valence-corrected chi connectivity index (χ0v) is 24.0. The minimum absolute atomic E-state index is 0.00905. The van der Waals surface area contributed by atoms with E-state index in [-0.39, 0.29) is 36.2 Å². The van der Waals surface area contributed by atoms with Crippen molar-refractivity contribution in [2.75, 3.05) is 20.3 Å². The van der Waals surface area contributed by atoms with E-state index in [9.17, 15) is 14.4 Å². The summed E-state index contributed by atoms with van der Waals surface area (Å²) in [5.74, 6) is 0.859. The average molecular weight is 597 g/mol. The van der Waals surface area contributed by atoms with Gasteiger partial charge in [-0.25, -0.2) is 9.18 Å². The number of hydrogen-bond acceptors (Lipinski definition) is 9. The fourth-order valence-corrected chi connectivity index (χ4v) is 4.68. The van der Waals surface area contributed by atoms with Gasteiger partial charge in [0.1, 0.15) is 47.1 Å². The van der Waals surface area contributed by atoms with Crippen molar-refractivity contribution in [3.63, 3.8) is 0 Å². The van der Waals surface area contributed by atoms with Gasteiger partial charge in [-0.2, -0.15) is 5.26 Å². The van der Waals surface area contributed by atoms with Crippen molar-refractivity contribution < 1.29 is 37.6 Å². The second kappa shape index (κ2) is 13.5. The van der Waals surface area contributed by atoms with Gasteiger partial charge in [0.15, 0.2) is 18.1 Å². The zero-order valence-electron chi connectivity index (χ0n) is 24.0. The molecule has 0 bridgehead atoms. The molecule has 1 heterocycles. The van der Waals surface area contributed by atoms with E-state index in [1.807, 2.05) is 6.92 Å². The van der Waals surface area contributed by atoms with Crippen molar-refractivity contribution in [3.05, 3.63) is 119 Å². The molecule has 1 atom stereocenters. The van der Waals surface area contributed by atoms with Crippen LogP contribution in [0.4, 0.5) is 4.39 Å². The minimum atomic E-state index is -0.623. The number of benzene rings is 4. The van der Waals surface area contributed by atoms with Crippen LogP contribution in [-0.2, 0) is 11.4 Å². The van der Waals surface area contributed by atoms with Crippen LogP contribution in [0.15, 0.2) is 96.4 Å². The Hall–Kier alpha value is -5.69. The molecule has 0 saturated carbocycles. The summed E-state index contributed by atoms with van der Waals surface area (Å²) in [7, 11) is 1.56. The number of nitrogens with two attached hydrogens (primary N) is 1. The number of rotatable bonds is 11. The van der Waals surface area contributed by atoms with Gasteiger partial charge in [-0.1, -0.05) is 30.3 Å². The molecule has 4 aromatic rings. The lowest BCUT2D eigenvalue weighted by molar-refractivity contribution is -0.136. The number of hydrogen-bond donors (Lipinski definition) is 1. The Morgan fingerprint density at radius 3 is 2.41 bits per heavy atom. The number of nitriles is 1. The molecule has 0 aromatic heterocycles. The van der Waals surface area contributed by atoms with Gasteiger partial charge in [-0.3, -0.25) is 0 Å². The van der Waals surface area contributed by atoms with Gasteiger partial charge in [0.25, 0.3) is 0 Å². The largest absolute Gasteiger partial charge is 0.497 e. The molecule has 224 valence electrons. The van der Waals surface area contributed by atoms with E-state index in [2.05, 4.69) is 6.07 Å². The van der Waals surface area contributed by atoms with Crippen molar-refractivity contribution in [3.8, 4) is 40.6 Å². The van der Waals surface area contributed by atoms with Crippen molar-refractivity contribution in [2.45, 2.75) is 19.4 Å². The molecule has 1 aliphatic rings. The first-order valence-corrected chi connectivity index (χ1v) is 13.7. The molecule has 9 nitrogen and oxygen atoms in total. The lowest BCUT2D eigenvalue weighted by atomic mass is 9.83. The lowest BCUT2D eigenvalue weighted by Gasteiger charge is -2.27. The topological polar surface area (TPSA) is 122 Å². The van der Waals surface area contributed by atoms with E-state index in [0.717, 1.165) is 0 Å². The summed E-state index contributed by atoms with van der Waals surface area (Å²) in [6, 6.07) is 25.4. The molecule has 0 fully saturated rings. The Labute approximate surface area is 253 Å². The monoisotopic (exact) mass is 596 g/mol. The van der Waals surface area contributed by atoms with Crippen molar-refractivity contribution in [1.29, 1.82) is 5.26 Å². The van der Waals surface area contributed by atoms with Gasteiger partial charge in [0.05, 0.1) is 19.6 Å². The Bertz CT molecular complexity index is 1730. The molecule has 2 N–H and O–H groups in total. The van der Waals surface area contributed by atoms with Crippen LogP contribution in [0.25, 0.3) is 0 Å². The van der Waals surface area contributed by atoms with Crippen molar-refractivity contribution >= 4 is 5.97 Å². The highest BCUT2D eigenvalue weighted by Gasteiger charge is 2.32. The SMILES string of the molecule is CCOc1cc(C2C(C#N)=C(N)Oc3cc(OC(=O)COc4ccc(OC)cc4)ccc32)ccc1OCc1ccccc1F. The van der Waals surface area contributed by atoms with Crippen molar-refractivity contribution in [1.82, 2.24) is 0 Å². The molecule has 4 aromatic carbocycles.